The standard InChI is InChI=1S/C19H19N3O3/c1-23-13-5-6-14-11(8-13)9-15-18(14)21-22-19(15)20-12-4-7-16(24-2)17(10-12)25-3/h4-8,10H,9H2,1-3H3,(H2,20,21,22). The Bertz CT molecular complexity index is 934. The molecule has 2 aromatic carbocycles. The van der Waals surface area contributed by atoms with Crippen LogP contribution in [0.1, 0.15) is 11.1 Å². The minimum atomic E-state index is 0.677. The van der Waals surface area contributed by atoms with Gasteiger partial charge in [-0.2, -0.15) is 5.10 Å². The first kappa shape index (κ1) is 15.4. The van der Waals surface area contributed by atoms with E-state index in [1.165, 1.54) is 5.56 Å². The lowest BCUT2D eigenvalue weighted by Crippen LogP contribution is -1.97. The highest BCUT2D eigenvalue weighted by Crippen LogP contribution is 2.41. The molecule has 2 N–H and O–H groups in total. The number of nitrogens with one attached hydrogen (secondary N) is 2. The maximum atomic E-state index is 5.36. The van der Waals surface area contributed by atoms with Gasteiger partial charge in [0, 0.05) is 29.3 Å². The fourth-order valence-corrected chi connectivity index (χ4v) is 3.19. The van der Waals surface area contributed by atoms with E-state index in [2.05, 4.69) is 27.6 Å². The van der Waals surface area contributed by atoms with Gasteiger partial charge in [0.1, 0.15) is 11.6 Å². The summed E-state index contributed by atoms with van der Waals surface area (Å²) >= 11 is 0. The molecule has 6 nitrogen and oxygen atoms in total. The van der Waals surface area contributed by atoms with Crippen LogP contribution in [0.25, 0.3) is 11.3 Å². The van der Waals surface area contributed by atoms with Crippen LogP contribution in [0.3, 0.4) is 0 Å². The van der Waals surface area contributed by atoms with Gasteiger partial charge in [0.25, 0.3) is 0 Å². The Hall–Kier alpha value is -3.15. The predicted molar refractivity (Wildman–Crippen MR) is 96.2 cm³/mol. The number of anilines is 2. The van der Waals surface area contributed by atoms with E-state index in [-0.39, 0.29) is 0 Å². The molecule has 3 aromatic rings. The average molecular weight is 337 g/mol. The second-order valence-corrected chi connectivity index (χ2v) is 5.82. The molecule has 6 heteroatoms. The molecule has 25 heavy (non-hydrogen) atoms. The van der Waals surface area contributed by atoms with Crippen LogP contribution in [-0.4, -0.2) is 31.5 Å². The molecular weight excluding hydrogens is 318 g/mol. The lowest BCUT2D eigenvalue weighted by atomic mass is 10.1. The first-order valence-corrected chi connectivity index (χ1v) is 7.97. The normalized spacial score (nSPS) is 11.6. The highest BCUT2D eigenvalue weighted by atomic mass is 16.5. The third-order valence-electron chi connectivity index (χ3n) is 4.45. The van der Waals surface area contributed by atoms with Crippen molar-refractivity contribution in [3.05, 3.63) is 47.5 Å². The Morgan fingerprint density at radius 1 is 0.960 bits per heavy atom. The number of nitrogens with zero attached hydrogens (tertiary/aromatic N) is 1. The zero-order valence-corrected chi connectivity index (χ0v) is 14.3. The summed E-state index contributed by atoms with van der Waals surface area (Å²) in [5.41, 5.74) is 5.41. The van der Waals surface area contributed by atoms with Crippen molar-refractivity contribution in [2.45, 2.75) is 6.42 Å². The molecule has 0 atom stereocenters. The maximum absolute atomic E-state index is 5.36. The molecular formula is C19H19N3O3. The van der Waals surface area contributed by atoms with Gasteiger partial charge in [-0.05, 0) is 35.9 Å². The first-order valence-electron chi connectivity index (χ1n) is 7.97. The lowest BCUT2D eigenvalue weighted by molar-refractivity contribution is 0.355. The first-order chi connectivity index (χ1) is 12.2. The summed E-state index contributed by atoms with van der Waals surface area (Å²) in [6.07, 6.45) is 0.813. The van der Waals surface area contributed by atoms with Crippen molar-refractivity contribution in [3.8, 4) is 28.5 Å². The van der Waals surface area contributed by atoms with E-state index in [4.69, 9.17) is 14.2 Å². The smallest absolute Gasteiger partial charge is 0.162 e. The van der Waals surface area contributed by atoms with Crippen LogP contribution in [-0.2, 0) is 6.42 Å². The molecule has 1 aliphatic carbocycles. The summed E-state index contributed by atoms with van der Waals surface area (Å²) in [6.45, 7) is 0. The van der Waals surface area contributed by atoms with Crippen LogP contribution in [0.2, 0.25) is 0 Å². The van der Waals surface area contributed by atoms with Crippen molar-refractivity contribution in [1.82, 2.24) is 10.2 Å². The van der Waals surface area contributed by atoms with Gasteiger partial charge in [0.2, 0.25) is 0 Å². The number of hydrogen-bond acceptors (Lipinski definition) is 5. The van der Waals surface area contributed by atoms with Gasteiger partial charge < -0.3 is 19.5 Å². The van der Waals surface area contributed by atoms with Gasteiger partial charge in [0.05, 0.1) is 27.0 Å². The molecule has 0 aliphatic heterocycles. The molecule has 0 unspecified atom stereocenters. The fraction of sp³-hybridized carbons (Fsp3) is 0.211. The summed E-state index contributed by atoms with van der Waals surface area (Å²) in [5, 5.41) is 11.0. The number of aromatic amines is 1. The van der Waals surface area contributed by atoms with Gasteiger partial charge >= 0.3 is 0 Å². The Morgan fingerprint density at radius 2 is 1.80 bits per heavy atom. The van der Waals surface area contributed by atoms with Crippen molar-refractivity contribution in [2.75, 3.05) is 26.6 Å². The molecule has 0 amide bonds. The fourth-order valence-electron chi connectivity index (χ4n) is 3.19. The Morgan fingerprint density at radius 3 is 2.56 bits per heavy atom. The predicted octanol–water partition coefficient (Wildman–Crippen LogP) is 3.75. The van der Waals surface area contributed by atoms with E-state index < -0.39 is 0 Å². The van der Waals surface area contributed by atoms with Crippen LogP contribution >= 0.6 is 0 Å². The minimum absolute atomic E-state index is 0.677. The summed E-state index contributed by atoms with van der Waals surface area (Å²) < 4.78 is 16.0. The van der Waals surface area contributed by atoms with E-state index in [0.717, 1.165) is 40.5 Å². The Labute approximate surface area is 145 Å². The molecule has 4 rings (SSSR count). The summed E-state index contributed by atoms with van der Waals surface area (Å²) in [7, 11) is 4.93. The monoisotopic (exact) mass is 337 g/mol. The highest BCUT2D eigenvalue weighted by Gasteiger charge is 2.25. The van der Waals surface area contributed by atoms with Crippen LogP contribution in [0.15, 0.2) is 36.4 Å². The van der Waals surface area contributed by atoms with Gasteiger partial charge in [-0.15, -0.1) is 0 Å². The van der Waals surface area contributed by atoms with E-state index in [1.807, 2.05) is 24.3 Å². The Kier molecular flexibility index (Phi) is 3.72. The molecule has 0 saturated carbocycles. The molecule has 0 saturated heterocycles. The largest absolute Gasteiger partial charge is 0.497 e. The molecule has 1 aromatic heterocycles. The topological polar surface area (TPSA) is 68.4 Å². The number of methoxy groups -OCH3 is 3. The molecule has 128 valence electrons. The SMILES string of the molecule is COc1ccc2c(c1)Cc1c-2n[nH]c1Nc1ccc(OC)c(OC)c1. The van der Waals surface area contributed by atoms with E-state index in [1.54, 1.807) is 21.3 Å². The zero-order chi connectivity index (χ0) is 17.4. The van der Waals surface area contributed by atoms with Gasteiger partial charge in [-0.1, -0.05) is 0 Å². The minimum Gasteiger partial charge on any atom is -0.497 e. The van der Waals surface area contributed by atoms with E-state index in [9.17, 15) is 0 Å². The van der Waals surface area contributed by atoms with Crippen LogP contribution in [0.4, 0.5) is 11.5 Å². The van der Waals surface area contributed by atoms with E-state index in [0.29, 0.717) is 11.5 Å². The third-order valence-corrected chi connectivity index (χ3v) is 4.45. The maximum Gasteiger partial charge on any atom is 0.162 e. The van der Waals surface area contributed by atoms with Crippen molar-refractivity contribution in [2.24, 2.45) is 0 Å². The van der Waals surface area contributed by atoms with Gasteiger partial charge in [-0.3, -0.25) is 5.10 Å². The number of aromatic nitrogens is 2. The molecule has 0 bridgehead atoms. The number of benzene rings is 2. The summed E-state index contributed by atoms with van der Waals surface area (Å²) in [6, 6.07) is 11.8. The van der Waals surface area contributed by atoms with Crippen molar-refractivity contribution < 1.29 is 14.2 Å². The van der Waals surface area contributed by atoms with Gasteiger partial charge in [-0.25, -0.2) is 0 Å². The zero-order valence-electron chi connectivity index (χ0n) is 14.3. The molecule has 1 aliphatic rings. The van der Waals surface area contributed by atoms with Crippen molar-refractivity contribution in [1.29, 1.82) is 0 Å². The lowest BCUT2D eigenvalue weighted by Gasteiger charge is -2.11. The number of ether oxygens (including phenoxy) is 3. The van der Waals surface area contributed by atoms with Gasteiger partial charge in [0.15, 0.2) is 11.5 Å². The number of hydrogen-bond donors (Lipinski definition) is 2. The number of rotatable bonds is 5. The summed E-state index contributed by atoms with van der Waals surface area (Å²) in [5.74, 6) is 3.12. The van der Waals surface area contributed by atoms with Crippen LogP contribution in [0.5, 0.6) is 17.2 Å². The van der Waals surface area contributed by atoms with Crippen molar-refractivity contribution in [3.63, 3.8) is 0 Å². The van der Waals surface area contributed by atoms with Crippen molar-refractivity contribution >= 4 is 11.5 Å². The van der Waals surface area contributed by atoms with Crippen LogP contribution < -0.4 is 19.5 Å². The molecule has 1 heterocycles. The second kappa shape index (κ2) is 6.05. The van der Waals surface area contributed by atoms with E-state index >= 15 is 0 Å². The number of H-pyrrole nitrogens is 1. The third kappa shape index (κ3) is 2.55. The molecule has 0 spiro atoms. The summed E-state index contributed by atoms with van der Waals surface area (Å²) in [4.78, 5) is 0. The van der Waals surface area contributed by atoms with Crippen LogP contribution in [0, 0.1) is 0 Å². The Balaban J connectivity index is 1.64. The number of fused-ring (bicyclic) bond motifs is 3. The average Bonchev–Trinajstić information content (AvgIpc) is 3.20. The second-order valence-electron chi connectivity index (χ2n) is 5.82. The molecule has 0 fully saturated rings. The molecule has 0 radical (unpaired) electrons. The quantitative estimate of drug-likeness (QED) is 0.580. The highest BCUT2D eigenvalue weighted by molar-refractivity contribution is 5.80.